The minimum atomic E-state index is -4.93. The first-order chi connectivity index (χ1) is 29.1. The molecule has 4 atom stereocenters. The fraction of sp³-hybridized carbons (Fsp3) is 0.243. The predicted molar refractivity (Wildman–Crippen MR) is 215 cm³/mol. The number of carbonyl (C=O) groups is 4. The molecule has 2 saturated heterocycles. The maximum atomic E-state index is 14.0. The van der Waals surface area contributed by atoms with Gasteiger partial charge in [-0.15, -0.1) is 13.2 Å². The molecule has 4 amide bonds. The number of nitrogens with one attached hydrogen (secondary N) is 2. The van der Waals surface area contributed by atoms with E-state index in [0.29, 0.717) is 24.3 Å². The number of rotatable bonds is 17. The van der Waals surface area contributed by atoms with E-state index in [4.69, 9.17) is 28.1 Å². The van der Waals surface area contributed by atoms with E-state index in [2.05, 4.69) is 15.4 Å². The minimum Gasteiger partial charge on any atom is -0.490 e. The van der Waals surface area contributed by atoms with Crippen LogP contribution in [0.4, 0.5) is 27.2 Å². The molecule has 2 aliphatic heterocycles. The van der Waals surface area contributed by atoms with Gasteiger partial charge in [-0.3, -0.25) is 29.8 Å². The summed E-state index contributed by atoms with van der Waals surface area (Å²) in [5.41, 5.74) is 1.58. The smallest absolute Gasteiger partial charge is 0.490 e. The molecule has 6 N–H and O–H groups in total. The highest BCUT2D eigenvalue weighted by molar-refractivity contribution is 8.15. The highest BCUT2D eigenvalue weighted by Gasteiger charge is 2.33. The zero-order chi connectivity index (χ0) is 45.2. The monoisotopic (exact) mass is 946 g/mol. The standard InChI is InChI=1S/C19H17F3N2O7S2.C18H17FN2O6S2/c20-19(21,22)30-14-3-1-2-12(9-14)15(31-33(23,27)28)10-29-13-6-4-11(5-7-13)8-16-17(25)24-18(26)32-16;19-14-4-2-1-3-13(14)15(27-29(20,24)25)10-26-12-7-5-11(6-8-12)9-16-17(22)21-18(23)28-16/h1-7,9,15-16H,8,10H2,(H2,23,27,28)(H,24,25,26);1-8,15-16H,9-10H2,(H2,20,24,25)(H,21,22,23). The van der Waals surface area contributed by atoms with Crippen LogP contribution in [0.25, 0.3) is 0 Å². The normalized spacial score (nSPS) is 17.6. The Labute approximate surface area is 359 Å². The van der Waals surface area contributed by atoms with Gasteiger partial charge in [0.1, 0.15) is 48.5 Å². The van der Waals surface area contributed by atoms with Crippen molar-refractivity contribution in [1.82, 2.24) is 10.6 Å². The predicted octanol–water partition coefficient (Wildman–Crippen LogP) is 4.88. The third kappa shape index (κ3) is 15.6. The van der Waals surface area contributed by atoms with Gasteiger partial charge in [0.25, 0.3) is 10.5 Å². The fourth-order valence-corrected chi connectivity index (χ4v) is 8.28. The van der Waals surface area contributed by atoms with Crippen molar-refractivity contribution < 1.29 is 76.2 Å². The Kier molecular flexibility index (Phi) is 16.0. The van der Waals surface area contributed by atoms with Gasteiger partial charge >= 0.3 is 27.0 Å². The number of carbonyl (C=O) groups excluding carboxylic acids is 4. The molecule has 2 heterocycles. The van der Waals surface area contributed by atoms with Crippen molar-refractivity contribution in [2.75, 3.05) is 13.2 Å². The lowest BCUT2D eigenvalue weighted by Crippen LogP contribution is -2.25. The van der Waals surface area contributed by atoms with Crippen molar-refractivity contribution in [2.45, 2.75) is 41.9 Å². The molecule has 0 bridgehead atoms. The van der Waals surface area contributed by atoms with Crippen molar-refractivity contribution in [3.05, 3.63) is 125 Å². The van der Waals surface area contributed by atoms with E-state index in [1.54, 1.807) is 48.5 Å². The summed E-state index contributed by atoms with van der Waals surface area (Å²) in [5.74, 6) is -1.24. The zero-order valence-electron chi connectivity index (χ0n) is 31.5. The number of nitrogens with two attached hydrogens (primary N) is 2. The summed E-state index contributed by atoms with van der Waals surface area (Å²) < 4.78 is 121. The van der Waals surface area contributed by atoms with Crippen molar-refractivity contribution in [2.24, 2.45) is 10.3 Å². The number of hydrogen-bond donors (Lipinski definition) is 4. The van der Waals surface area contributed by atoms with Crippen molar-refractivity contribution in [3.8, 4) is 17.2 Å². The summed E-state index contributed by atoms with van der Waals surface area (Å²) in [6.07, 6.45) is -6.88. The molecule has 4 unspecified atom stereocenters. The zero-order valence-corrected chi connectivity index (χ0v) is 34.7. The van der Waals surface area contributed by atoms with E-state index in [0.717, 1.165) is 46.8 Å². The van der Waals surface area contributed by atoms with Gasteiger partial charge < -0.3 is 14.2 Å². The maximum absolute atomic E-state index is 14.0. The first-order valence-electron chi connectivity index (χ1n) is 17.6. The van der Waals surface area contributed by atoms with Crippen LogP contribution < -0.4 is 35.1 Å². The van der Waals surface area contributed by atoms with Crippen molar-refractivity contribution in [3.63, 3.8) is 0 Å². The minimum absolute atomic E-state index is 0.00733. The Morgan fingerprint density at radius 3 is 1.53 bits per heavy atom. The van der Waals surface area contributed by atoms with E-state index in [1.165, 1.54) is 36.4 Å². The molecule has 332 valence electrons. The van der Waals surface area contributed by atoms with Gasteiger partial charge in [-0.1, -0.05) is 78.1 Å². The van der Waals surface area contributed by atoms with Crippen LogP contribution in [-0.4, -0.2) is 69.2 Å². The third-order valence-corrected chi connectivity index (χ3v) is 11.2. The molecular weight excluding hydrogens is 913 g/mol. The van der Waals surface area contributed by atoms with Crippen molar-refractivity contribution >= 4 is 66.4 Å². The van der Waals surface area contributed by atoms with Gasteiger partial charge in [0.2, 0.25) is 11.8 Å². The van der Waals surface area contributed by atoms with Gasteiger partial charge in [0.05, 0.1) is 10.5 Å². The molecular formula is C37H34F4N4O13S4. The van der Waals surface area contributed by atoms with Gasteiger partial charge in [-0.25, -0.2) is 23.0 Å². The summed E-state index contributed by atoms with van der Waals surface area (Å²) >= 11 is 1.84. The largest absolute Gasteiger partial charge is 0.573 e. The third-order valence-electron chi connectivity index (χ3n) is 8.24. The summed E-state index contributed by atoms with van der Waals surface area (Å²) in [7, 11) is -8.80. The first kappa shape index (κ1) is 47.8. The second-order valence-corrected chi connectivity index (χ2v) is 17.6. The number of alkyl halides is 3. The molecule has 25 heteroatoms. The average molecular weight is 947 g/mol. The van der Waals surface area contributed by atoms with E-state index in [-0.39, 0.29) is 34.8 Å². The van der Waals surface area contributed by atoms with Crippen LogP contribution >= 0.6 is 23.5 Å². The molecule has 4 aromatic carbocycles. The molecule has 0 spiro atoms. The average Bonchev–Trinajstić information content (AvgIpc) is 3.67. The number of benzene rings is 4. The second-order valence-electron chi connectivity index (χ2n) is 12.9. The molecule has 0 aromatic heterocycles. The molecule has 4 aromatic rings. The Hall–Kier alpha value is -5.28. The summed E-state index contributed by atoms with van der Waals surface area (Å²) in [6.45, 7) is -0.702. The lowest BCUT2D eigenvalue weighted by molar-refractivity contribution is -0.274. The highest BCUT2D eigenvalue weighted by atomic mass is 32.2. The van der Waals surface area contributed by atoms with E-state index in [1.807, 2.05) is 0 Å². The highest BCUT2D eigenvalue weighted by Crippen LogP contribution is 2.30. The fourth-order valence-electron chi connectivity index (χ4n) is 5.59. The van der Waals surface area contributed by atoms with E-state index in [9.17, 15) is 53.6 Å². The molecule has 0 aliphatic carbocycles. The van der Waals surface area contributed by atoms with Crippen LogP contribution in [0.3, 0.4) is 0 Å². The van der Waals surface area contributed by atoms with Crippen LogP contribution in [0.15, 0.2) is 97.1 Å². The summed E-state index contributed by atoms with van der Waals surface area (Å²) in [6, 6.07) is 23.2. The molecule has 0 radical (unpaired) electrons. The molecule has 2 aliphatic rings. The van der Waals surface area contributed by atoms with Crippen LogP contribution in [-0.2, 0) is 51.4 Å². The molecule has 6 rings (SSSR count). The maximum Gasteiger partial charge on any atom is 0.573 e. The number of amides is 4. The number of ether oxygens (including phenoxy) is 3. The van der Waals surface area contributed by atoms with Gasteiger partial charge in [0.15, 0.2) is 0 Å². The molecule has 17 nitrogen and oxygen atoms in total. The quantitative estimate of drug-likeness (QED) is 0.103. The van der Waals surface area contributed by atoms with Crippen LogP contribution in [0, 0.1) is 5.82 Å². The van der Waals surface area contributed by atoms with E-state index < -0.39 is 73.1 Å². The van der Waals surface area contributed by atoms with Crippen LogP contribution in [0.5, 0.6) is 17.2 Å². The molecule has 0 saturated carbocycles. The van der Waals surface area contributed by atoms with Crippen LogP contribution in [0.2, 0.25) is 0 Å². The molecule has 2 fully saturated rings. The summed E-state index contributed by atoms with van der Waals surface area (Å²) in [5, 5.41) is 12.5. The van der Waals surface area contributed by atoms with E-state index >= 15 is 0 Å². The topological polar surface area (TPSA) is 259 Å². The van der Waals surface area contributed by atoms with Gasteiger partial charge in [0, 0.05) is 5.56 Å². The Balaban J connectivity index is 0.000000236. The van der Waals surface area contributed by atoms with Crippen molar-refractivity contribution in [1.29, 1.82) is 0 Å². The number of imide groups is 2. The Morgan fingerprint density at radius 2 is 1.10 bits per heavy atom. The van der Waals surface area contributed by atoms with Gasteiger partial charge in [-0.2, -0.15) is 16.8 Å². The molecule has 62 heavy (non-hydrogen) atoms. The number of halogens is 4. The Bertz CT molecular complexity index is 2480. The Morgan fingerprint density at radius 1 is 0.629 bits per heavy atom. The SMILES string of the molecule is NS(=O)(=O)OC(COc1ccc(CC2SC(=O)NC2=O)cc1)c1cccc(OC(F)(F)F)c1.NS(=O)(=O)OC(COc1ccc(CC2SC(=O)NC2=O)cc1)c1ccccc1F. The lowest BCUT2D eigenvalue weighted by Gasteiger charge is -2.18. The second kappa shape index (κ2) is 20.7. The first-order valence-corrected chi connectivity index (χ1v) is 22.3. The number of thioether (sulfide) groups is 2. The number of hydrogen-bond acceptors (Lipinski definition) is 15. The van der Waals surface area contributed by atoms with Gasteiger partial charge in [-0.05, 0) is 72.0 Å². The lowest BCUT2D eigenvalue weighted by atomic mass is 10.1. The van der Waals surface area contributed by atoms with Crippen LogP contribution in [0.1, 0.15) is 34.5 Å². The summed E-state index contributed by atoms with van der Waals surface area (Å²) in [4.78, 5) is 45.8.